The lowest BCUT2D eigenvalue weighted by Crippen LogP contribution is -2.42. The summed E-state index contributed by atoms with van der Waals surface area (Å²) in [6, 6.07) is 0.112. The summed E-state index contributed by atoms with van der Waals surface area (Å²) in [5.74, 6) is 0. The second-order valence-corrected chi connectivity index (χ2v) is 3.82. The molecule has 0 unspecified atom stereocenters. The second kappa shape index (κ2) is 3.18. The van der Waals surface area contributed by atoms with Crippen LogP contribution in [0.25, 0.3) is 0 Å². The van der Waals surface area contributed by atoms with Crippen LogP contribution in [0.4, 0.5) is 4.79 Å². The highest BCUT2D eigenvalue weighted by atomic mass is 16.5. The average molecular weight is 185 g/mol. The van der Waals surface area contributed by atoms with Gasteiger partial charge in [-0.3, -0.25) is 4.90 Å². The van der Waals surface area contributed by atoms with E-state index in [4.69, 9.17) is 9.84 Å². The van der Waals surface area contributed by atoms with E-state index in [2.05, 4.69) is 0 Å². The molecule has 1 saturated carbocycles. The number of ether oxygens (including phenoxy) is 1. The Morgan fingerprint density at radius 3 is 2.85 bits per heavy atom. The summed E-state index contributed by atoms with van der Waals surface area (Å²) in [7, 11) is 0. The number of fused-ring (bicyclic) bond motifs is 1. The van der Waals surface area contributed by atoms with Crippen LogP contribution in [0, 0.1) is 0 Å². The van der Waals surface area contributed by atoms with E-state index >= 15 is 0 Å². The molecular weight excluding hydrogens is 170 g/mol. The molecule has 1 heterocycles. The molecule has 0 radical (unpaired) electrons. The van der Waals surface area contributed by atoms with Gasteiger partial charge in [-0.1, -0.05) is 12.8 Å². The lowest BCUT2D eigenvalue weighted by atomic mass is 9.92. The van der Waals surface area contributed by atoms with Gasteiger partial charge in [0.05, 0.1) is 12.1 Å². The van der Waals surface area contributed by atoms with E-state index in [1.165, 1.54) is 11.3 Å². The van der Waals surface area contributed by atoms with Gasteiger partial charge in [0.2, 0.25) is 0 Å². The van der Waals surface area contributed by atoms with Crippen LogP contribution in [0.2, 0.25) is 0 Å². The number of hydrogen-bond donors (Lipinski definition) is 1. The first-order valence-electron chi connectivity index (χ1n) is 4.87. The zero-order valence-corrected chi connectivity index (χ0v) is 7.77. The Bertz CT molecular complexity index is 219. The van der Waals surface area contributed by atoms with Crippen molar-refractivity contribution in [2.45, 2.75) is 51.0 Å². The van der Waals surface area contributed by atoms with Gasteiger partial charge in [-0.05, 0) is 19.8 Å². The largest absolute Gasteiger partial charge is 0.465 e. The second-order valence-electron chi connectivity index (χ2n) is 3.82. The van der Waals surface area contributed by atoms with Crippen molar-refractivity contribution in [2.75, 3.05) is 0 Å². The van der Waals surface area contributed by atoms with Crippen molar-refractivity contribution < 1.29 is 14.6 Å². The smallest absolute Gasteiger partial charge is 0.409 e. The van der Waals surface area contributed by atoms with Crippen LogP contribution >= 0.6 is 0 Å². The van der Waals surface area contributed by atoms with Gasteiger partial charge in [-0.15, -0.1) is 0 Å². The standard InChI is InChI=1S/C9H15NO3/c1-6-10(9(11)12)7-4-2-3-5-8(7)13-6/h6-8H,2-5H2,1H3,(H,11,12)/t6-,7+,8-/m0/s1. The Labute approximate surface area is 77.5 Å². The van der Waals surface area contributed by atoms with Crippen LogP contribution in [-0.2, 0) is 4.74 Å². The molecule has 2 fully saturated rings. The predicted octanol–water partition coefficient (Wildman–Crippen LogP) is 1.65. The van der Waals surface area contributed by atoms with Gasteiger partial charge in [-0.25, -0.2) is 4.79 Å². The fourth-order valence-electron chi connectivity index (χ4n) is 2.44. The fraction of sp³-hybridized carbons (Fsp3) is 0.889. The molecular formula is C9H15NO3. The van der Waals surface area contributed by atoms with Crippen molar-refractivity contribution in [3.8, 4) is 0 Å². The normalized spacial score (nSPS) is 38.8. The number of amides is 1. The van der Waals surface area contributed by atoms with Crippen molar-refractivity contribution >= 4 is 6.09 Å². The topological polar surface area (TPSA) is 49.8 Å². The molecule has 1 aliphatic heterocycles. The maximum absolute atomic E-state index is 10.9. The molecule has 1 amide bonds. The SMILES string of the molecule is C[C@@H]1O[C@H]2CCCC[C@H]2N1C(=O)O. The van der Waals surface area contributed by atoms with E-state index in [-0.39, 0.29) is 18.4 Å². The molecule has 1 aliphatic carbocycles. The number of hydrogen-bond acceptors (Lipinski definition) is 2. The minimum atomic E-state index is -0.845. The fourth-order valence-corrected chi connectivity index (χ4v) is 2.44. The van der Waals surface area contributed by atoms with Crippen LogP contribution in [0.15, 0.2) is 0 Å². The quantitative estimate of drug-likeness (QED) is 0.624. The molecule has 3 atom stereocenters. The highest BCUT2D eigenvalue weighted by Gasteiger charge is 2.43. The summed E-state index contributed by atoms with van der Waals surface area (Å²) in [5.41, 5.74) is 0. The maximum Gasteiger partial charge on any atom is 0.409 e. The molecule has 0 bridgehead atoms. The minimum Gasteiger partial charge on any atom is -0.465 e. The van der Waals surface area contributed by atoms with Gasteiger partial charge in [0.25, 0.3) is 0 Å². The van der Waals surface area contributed by atoms with E-state index in [1.807, 2.05) is 6.92 Å². The lowest BCUT2D eigenvalue weighted by molar-refractivity contribution is 0.0132. The third-order valence-electron chi connectivity index (χ3n) is 3.01. The Hall–Kier alpha value is -0.770. The van der Waals surface area contributed by atoms with Crippen molar-refractivity contribution in [1.82, 2.24) is 4.90 Å². The van der Waals surface area contributed by atoms with Crippen LogP contribution in [0.3, 0.4) is 0 Å². The lowest BCUT2D eigenvalue weighted by Gasteiger charge is -2.28. The summed E-state index contributed by atoms with van der Waals surface area (Å²) in [5, 5.41) is 8.97. The molecule has 0 aromatic rings. The van der Waals surface area contributed by atoms with Gasteiger partial charge >= 0.3 is 6.09 Å². The summed E-state index contributed by atoms with van der Waals surface area (Å²) in [6.07, 6.45) is 3.31. The third-order valence-corrected chi connectivity index (χ3v) is 3.01. The number of nitrogens with zero attached hydrogens (tertiary/aromatic N) is 1. The molecule has 0 aromatic heterocycles. The Morgan fingerprint density at radius 1 is 1.46 bits per heavy atom. The Kier molecular flexibility index (Phi) is 2.15. The summed E-state index contributed by atoms with van der Waals surface area (Å²) < 4.78 is 5.58. The van der Waals surface area contributed by atoms with Crippen molar-refractivity contribution in [1.29, 1.82) is 0 Å². The zero-order valence-electron chi connectivity index (χ0n) is 7.77. The molecule has 4 nitrogen and oxygen atoms in total. The van der Waals surface area contributed by atoms with Crippen molar-refractivity contribution in [3.63, 3.8) is 0 Å². The predicted molar refractivity (Wildman–Crippen MR) is 46.5 cm³/mol. The van der Waals surface area contributed by atoms with E-state index in [0.717, 1.165) is 19.3 Å². The van der Waals surface area contributed by atoms with Gasteiger partial charge in [0, 0.05) is 0 Å². The molecule has 2 aliphatic rings. The monoisotopic (exact) mass is 185 g/mol. The van der Waals surface area contributed by atoms with Gasteiger partial charge in [0.15, 0.2) is 0 Å². The highest BCUT2D eigenvalue weighted by Crippen LogP contribution is 2.33. The molecule has 1 N–H and O–H groups in total. The van der Waals surface area contributed by atoms with E-state index < -0.39 is 6.09 Å². The van der Waals surface area contributed by atoms with Crippen LogP contribution in [0.1, 0.15) is 32.6 Å². The molecule has 4 heteroatoms. The highest BCUT2D eigenvalue weighted by molar-refractivity contribution is 5.66. The first-order valence-corrected chi connectivity index (χ1v) is 4.87. The first kappa shape index (κ1) is 8.81. The Morgan fingerprint density at radius 2 is 2.15 bits per heavy atom. The molecule has 1 saturated heterocycles. The third kappa shape index (κ3) is 1.39. The van der Waals surface area contributed by atoms with E-state index in [9.17, 15) is 4.79 Å². The maximum atomic E-state index is 10.9. The summed E-state index contributed by atoms with van der Waals surface area (Å²) in [6.45, 7) is 1.81. The molecule has 0 aromatic carbocycles. The van der Waals surface area contributed by atoms with Crippen molar-refractivity contribution in [2.24, 2.45) is 0 Å². The van der Waals surface area contributed by atoms with Crippen LogP contribution < -0.4 is 0 Å². The summed E-state index contributed by atoms with van der Waals surface area (Å²) in [4.78, 5) is 12.4. The molecule has 13 heavy (non-hydrogen) atoms. The van der Waals surface area contributed by atoms with Crippen molar-refractivity contribution in [3.05, 3.63) is 0 Å². The van der Waals surface area contributed by atoms with Crippen LogP contribution in [-0.4, -0.2) is 34.5 Å². The number of carboxylic acid groups (broad SMARTS) is 1. The average Bonchev–Trinajstić information content (AvgIpc) is 2.39. The number of carbonyl (C=O) groups is 1. The minimum absolute atomic E-state index is 0.112. The van der Waals surface area contributed by atoms with Gasteiger partial charge in [0.1, 0.15) is 6.23 Å². The van der Waals surface area contributed by atoms with E-state index in [0.29, 0.717) is 0 Å². The van der Waals surface area contributed by atoms with E-state index in [1.54, 1.807) is 0 Å². The number of rotatable bonds is 0. The molecule has 2 rings (SSSR count). The summed E-state index contributed by atoms with van der Waals surface area (Å²) >= 11 is 0. The van der Waals surface area contributed by atoms with Gasteiger partial charge in [-0.2, -0.15) is 0 Å². The molecule has 74 valence electrons. The molecule has 0 spiro atoms. The first-order chi connectivity index (χ1) is 6.20. The van der Waals surface area contributed by atoms with Gasteiger partial charge < -0.3 is 9.84 Å². The zero-order chi connectivity index (χ0) is 9.42. The van der Waals surface area contributed by atoms with Crippen LogP contribution in [0.5, 0.6) is 0 Å². The Balaban J connectivity index is 2.13.